The van der Waals surface area contributed by atoms with E-state index in [4.69, 9.17) is 27.5 Å². The molecule has 0 aliphatic heterocycles. The van der Waals surface area contributed by atoms with Gasteiger partial charge in [0.25, 0.3) is 0 Å². The van der Waals surface area contributed by atoms with Crippen LogP contribution < -0.4 is 20.2 Å². The SMILES string of the molecule is C#CCOc1c(Cl)cc(C=NNC(=O)CCC(=O)Nc2ccc(F)cc2)cc1OC. The summed E-state index contributed by atoms with van der Waals surface area (Å²) in [5.41, 5.74) is 3.32. The first kappa shape index (κ1) is 22.7. The van der Waals surface area contributed by atoms with Crippen molar-refractivity contribution in [2.45, 2.75) is 12.8 Å². The van der Waals surface area contributed by atoms with Gasteiger partial charge in [-0.3, -0.25) is 9.59 Å². The standard InChI is InChI=1S/C21H19ClFN3O4/c1-3-10-30-21-17(22)11-14(12-18(21)29-2)13-24-26-20(28)9-8-19(27)25-16-6-4-15(23)5-7-16/h1,4-7,11-13H,8-10H2,2H3,(H,25,27)(H,26,28). The number of halogens is 2. The number of ether oxygens (including phenoxy) is 2. The van der Waals surface area contributed by atoms with Crippen molar-refractivity contribution in [3.8, 4) is 23.8 Å². The number of hydrazone groups is 1. The average molecular weight is 432 g/mol. The molecule has 9 heteroatoms. The zero-order chi connectivity index (χ0) is 21.9. The van der Waals surface area contributed by atoms with E-state index in [1.165, 1.54) is 37.6 Å². The molecule has 0 atom stereocenters. The van der Waals surface area contributed by atoms with Crippen molar-refractivity contribution in [1.29, 1.82) is 0 Å². The first-order valence-corrected chi connectivity index (χ1v) is 9.12. The van der Waals surface area contributed by atoms with Gasteiger partial charge in [-0.05, 0) is 42.0 Å². The second-order valence-corrected chi connectivity index (χ2v) is 6.28. The van der Waals surface area contributed by atoms with Gasteiger partial charge in [-0.15, -0.1) is 6.42 Å². The van der Waals surface area contributed by atoms with E-state index < -0.39 is 11.7 Å². The van der Waals surface area contributed by atoms with Crippen LogP contribution in [0.5, 0.6) is 11.5 Å². The first-order valence-electron chi connectivity index (χ1n) is 8.74. The van der Waals surface area contributed by atoms with Crippen molar-refractivity contribution >= 4 is 35.3 Å². The molecular weight excluding hydrogens is 413 g/mol. The van der Waals surface area contributed by atoms with Crippen LogP contribution in [-0.4, -0.2) is 31.7 Å². The van der Waals surface area contributed by atoms with Gasteiger partial charge in [0.2, 0.25) is 11.8 Å². The number of rotatable bonds is 9. The number of carbonyl (C=O) groups excluding carboxylic acids is 2. The number of hydrogen-bond acceptors (Lipinski definition) is 5. The van der Waals surface area contributed by atoms with Gasteiger partial charge in [0.1, 0.15) is 12.4 Å². The molecule has 0 saturated heterocycles. The molecule has 2 rings (SSSR count). The number of hydrogen-bond donors (Lipinski definition) is 2. The highest BCUT2D eigenvalue weighted by atomic mass is 35.5. The van der Waals surface area contributed by atoms with Crippen LogP contribution in [0.25, 0.3) is 0 Å². The van der Waals surface area contributed by atoms with Crippen LogP contribution >= 0.6 is 11.6 Å². The summed E-state index contributed by atoms with van der Waals surface area (Å²) in [6.07, 6.45) is 6.41. The molecule has 156 valence electrons. The van der Waals surface area contributed by atoms with Gasteiger partial charge in [0, 0.05) is 18.5 Å². The number of carbonyl (C=O) groups is 2. The molecule has 0 spiro atoms. The average Bonchev–Trinajstić information content (AvgIpc) is 2.73. The van der Waals surface area contributed by atoms with Crippen molar-refractivity contribution < 1.29 is 23.5 Å². The third-order valence-corrected chi connectivity index (χ3v) is 3.94. The van der Waals surface area contributed by atoms with Gasteiger partial charge in [-0.1, -0.05) is 17.5 Å². The van der Waals surface area contributed by atoms with E-state index in [-0.39, 0.29) is 30.4 Å². The van der Waals surface area contributed by atoms with Crippen LogP contribution in [0.2, 0.25) is 5.02 Å². The lowest BCUT2D eigenvalue weighted by Crippen LogP contribution is -2.20. The Morgan fingerprint density at radius 1 is 1.23 bits per heavy atom. The Morgan fingerprint density at radius 2 is 1.93 bits per heavy atom. The van der Waals surface area contributed by atoms with Crippen molar-refractivity contribution in [2.24, 2.45) is 5.10 Å². The van der Waals surface area contributed by atoms with Gasteiger partial charge in [-0.25, -0.2) is 9.82 Å². The third kappa shape index (κ3) is 7.11. The summed E-state index contributed by atoms with van der Waals surface area (Å²) in [5, 5.41) is 6.68. The highest BCUT2D eigenvalue weighted by Crippen LogP contribution is 2.35. The molecule has 30 heavy (non-hydrogen) atoms. The number of nitrogens with one attached hydrogen (secondary N) is 2. The van der Waals surface area contributed by atoms with Gasteiger partial charge in [0.15, 0.2) is 11.5 Å². The fraction of sp³-hybridized carbons (Fsp3) is 0.190. The Balaban J connectivity index is 1.85. The summed E-state index contributed by atoms with van der Waals surface area (Å²) in [4.78, 5) is 23.7. The van der Waals surface area contributed by atoms with Crippen LogP contribution in [0.4, 0.5) is 10.1 Å². The maximum atomic E-state index is 12.8. The van der Waals surface area contributed by atoms with Gasteiger partial charge < -0.3 is 14.8 Å². The summed E-state index contributed by atoms with van der Waals surface area (Å²) in [6.45, 7) is 0.0360. The number of methoxy groups -OCH3 is 1. The molecule has 2 aromatic carbocycles. The topological polar surface area (TPSA) is 89.0 Å². The quantitative estimate of drug-likeness (QED) is 0.362. The summed E-state index contributed by atoms with van der Waals surface area (Å²) in [7, 11) is 1.45. The highest BCUT2D eigenvalue weighted by molar-refractivity contribution is 6.32. The van der Waals surface area contributed by atoms with E-state index in [1.807, 2.05) is 0 Å². The Bertz CT molecular complexity index is 971. The molecule has 2 N–H and O–H groups in total. The van der Waals surface area contributed by atoms with Gasteiger partial charge >= 0.3 is 0 Å². The number of amides is 2. The summed E-state index contributed by atoms with van der Waals surface area (Å²) in [6, 6.07) is 8.50. The number of nitrogens with zero attached hydrogens (tertiary/aromatic N) is 1. The molecule has 0 radical (unpaired) electrons. The predicted octanol–water partition coefficient (Wildman–Crippen LogP) is 3.37. The summed E-state index contributed by atoms with van der Waals surface area (Å²) >= 11 is 6.16. The Kier molecular flexibility index (Phi) is 8.66. The lowest BCUT2D eigenvalue weighted by molar-refractivity contribution is -0.124. The molecule has 0 aliphatic rings. The maximum absolute atomic E-state index is 12.8. The fourth-order valence-corrected chi connectivity index (χ4v) is 2.56. The van der Waals surface area contributed by atoms with Crippen molar-refractivity contribution in [1.82, 2.24) is 5.43 Å². The van der Waals surface area contributed by atoms with E-state index in [0.29, 0.717) is 22.7 Å². The highest BCUT2D eigenvalue weighted by Gasteiger charge is 2.11. The number of benzene rings is 2. The van der Waals surface area contributed by atoms with Crippen LogP contribution in [0.15, 0.2) is 41.5 Å². The van der Waals surface area contributed by atoms with Crippen molar-refractivity contribution in [3.05, 3.63) is 52.8 Å². The van der Waals surface area contributed by atoms with Crippen LogP contribution in [-0.2, 0) is 9.59 Å². The van der Waals surface area contributed by atoms with E-state index in [0.717, 1.165) is 0 Å². The van der Waals surface area contributed by atoms with Crippen molar-refractivity contribution in [3.63, 3.8) is 0 Å². The van der Waals surface area contributed by atoms with E-state index in [1.54, 1.807) is 12.1 Å². The molecule has 0 saturated carbocycles. The molecule has 0 heterocycles. The fourth-order valence-electron chi connectivity index (χ4n) is 2.29. The molecular formula is C21H19ClFN3O4. The first-order chi connectivity index (χ1) is 14.4. The van der Waals surface area contributed by atoms with E-state index >= 15 is 0 Å². The zero-order valence-electron chi connectivity index (χ0n) is 16.1. The molecule has 2 aromatic rings. The minimum absolute atomic E-state index is 0.0360. The van der Waals surface area contributed by atoms with Crippen LogP contribution in [0, 0.1) is 18.2 Å². The second kappa shape index (κ2) is 11.4. The minimum Gasteiger partial charge on any atom is -0.493 e. The Hall–Kier alpha value is -3.57. The zero-order valence-corrected chi connectivity index (χ0v) is 16.8. The molecule has 0 aromatic heterocycles. The molecule has 2 amide bonds. The minimum atomic E-state index is -0.451. The molecule has 0 aliphatic carbocycles. The van der Waals surface area contributed by atoms with Gasteiger partial charge in [0.05, 0.1) is 18.3 Å². The largest absolute Gasteiger partial charge is 0.493 e. The molecule has 0 bridgehead atoms. The lowest BCUT2D eigenvalue weighted by atomic mass is 10.2. The predicted molar refractivity (Wildman–Crippen MR) is 112 cm³/mol. The molecule has 0 unspecified atom stereocenters. The molecule has 7 nitrogen and oxygen atoms in total. The smallest absolute Gasteiger partial charge is 0.240 e. The normalized spacial score (nSPS) is 10.3. The lowest BCUT2D eigenvalue weighted by Gasteiger charge is -2.11. The number of terminal acetylenes is 1. The monoisotopic (exact) mass is 431 g/mol. The van der Waals surface area contributed by atoms with Crippen LogP contribution in [0.3, 0.4) is 0 Å². The third-order valence-electron chi connectivity index (χ3n) is 3.66. The van der Waals surface area contributed by atoms with Gasteiger partial charge in [-0.2, -0.15) is 5.10 Å². The van der Waals surface area contributed by atoms with E-state index in [2.05, 4.69) is 21.8 Å². The molecule has 0 fully saturated rings. The Morgan fingerprint density at radius 3 is 2.60 bits per heavy atom. The Labute approximate surface area is 178 Å². The maximum Gasteiger partial charge on any atom is 0.240 e. The van der Waals surface area contributed by atoms with Crippen molar-refractivity contribution in [2.75, 3.05) is 19.0 Å². The van der Waals surface area contributed by atoms with E-state index in [9.17, 15) is 14.0 Å². The number of anilines is 1. The summed E-state index contributed by atoms with van der Waals surface area (Å²) in [5.74, 6) is 1.78. The second-order valence-electron chi connectivity index (χ2n) is 5.88. The van der Waals surface area contributed by atoms with Crippen LogP contribution in [0.1, 0.15) is 18.4 Å². The summed E-state index contributed by atoms with van der Waals surface area (Å²) < 4.78 is 23.4.